The Hall–Kier alpha value is -1.68. The molecule has 0 radical (unpaired) electrons. The molecule has 4 nitrogen and oxygen atoms in total. The van der Waals surface area contributed by atoms with E-state index in [1.54, 1.807) is 0 Å². The molecule has 2 aromatic rings. The first-order valence-corrected chi connectivity index (χ1v) is 7.55. The first-order valence-electron chi connectivity index (χ1n) is 7.55. The lowest BCUT2D eigenvalue weighted by molar-refractivity contribution is 0.442. The average Bonchev–Trinajstić information content (AvgIpc) is 2.92. The fourth-order valence-corrected chi connectivity index (χ4v) is 2.81. The van der Waals surface area contributed by atoms with Crippen LogP contribution in [0.25, 0.3) is 0 Å². The normalized spacial score (nSPS) is 16.4. The highest BCUT2D eigenvalue weighted by Gasteiger charge is 2.21. The molecule has 0 amide bonds. The van der Waals surface area contributed by atoms with Gasteiger partial charge in [-0.3, -0.25) is 0 Å². The van der Waals surface area contributed by atoms with E-state index in [0.717, 1.165) is 50.5 Å². The van der Waals surface area contributed by atoms with Crippen molar-refractivity contribution in [3.05, 3.63) is 47.5 Å². The lowest BCUT2D eigenvalue weighted by Crippen LogP contribution is -2.27. The van der Waals surface area contributed by atoms with Gasteiger partial charge < -0.3 is 5.32 Å². The van der Waals surface area contributed by atoms with Crippen LogP contribution in [0.2, 0.25) is 0 Å². The maximum Gasteiger partial charge on any atom is 0.154 e. The highest BCUT2D eigenvalue weighted by atomic mass is 15.3. The van der Waals surface area contributed by atoms with Crippen molar-refractivity contribution in [3.8, 4) is 0 Å². The topological polar surface area (TPSA) is 42.7 Å². The molecule has 1 saturated heterocycles. The number of hydrogen-bond acceptors (Lipinski definition) is 3. The molecule has 2 heterocycles. The Morgan fingerprint density at radius 1 is 1.20 bits per heavy atom. The summed E-state index contributed by atoms with van der Waals surface area (Å²) in [7, 11) is 0. The third-order valence-electron chi connectivity index (χ3n) is 3.97. The molecule has 4 heteroatoms. The van der Waals surface area contributed by atoms with E-state index >= 15 is 0 Å². The molecule has 0 saturated carbocycles. The molecular weight excluding hydrogens is 248 g/mol. The number of rotatable bonds is 4. The average molecular weight is 270 g/mol. The molecule has 106 valence electrons. The van der Waals surface area contributed by atoms with E-state index in [4.69, 9.17) is 10.1 Å². The van der Waals surface area contributed by atoms with Crippen molar-refractivity contribution >= 4 is 0 Å². The third kappa shape index (κ3) is 2.90. The number of piperidine rings is 1. The third-order valence-corrected chi connectivity index (χ3v) is 3.97. The lowest BCUT2D eigenvalue weighted by Gasteiger charge is -2.19. The monoisotopic (exact) mass is 270 g/mol. The van der Waals surface area contributed by atoms with Gasteiger partial charge in [-0.25, -0.2) is 9.67 Å². The van der Waals surface area contributed by atoms with Crippen molar-refractivity contribution < 1.29 is 0 Å². The summed E-state index contributed by atoms with van der Waals surface area (Å²) in [6.07, 6.45) is 3.17. The molecule has 1 aliphatic heterocycles. The van der Waals surface area contributed by atoms with Gasteiger partial charge in [-0.15, -0.1) is 0 Å². The molecule has 0 spiro atoms. The summed E-state index contributed by atoms with van der Waals surface area (Å²) >= 11 is 0. The molecule has 0 atom stereocenters. The summed E-state index contributed by atoms with van der Waals surface area (Å²) in [5.74, 6) is 2.66. The van der Waals surface area contributed by atoms with Crippen LogP contribution >= 0.6 is 0 Å². The van der Waals surface area contributed by atoms with Crippen LogP contribution in [-0.4, -0.2) is 27.9 Å². The predicted molar refractivity (Wildman–Crippen MR) is 79.8 cm³/mol. The SMILES string of the molecule is CCn1nc(C2CCNCC2)nc1Cc1ccccc1. The second-order valence-electron chi connectivity index (χ2n) is 5.39. The van der Waals surface area contributed by atoms with Crippen molar-refractivity contribution in [1.29, 1.82) is 0 Å². The van der Waals surface area contributed by atoms with E-state index in [9.17, 15) is 0 Å². The molecule has 1 N–H and O–H groups in total. The van der Waals surface area contributed by atoms with Crippen LogP contribution in [0.5, 0.6) is 0 Å². The first-order chi connectivity index (χ1) is 9.86. The summed E-state index contributed by atoms with van der Waals surface area (Å²) in [4.78, 5) is 4.82. The highest BCUT2D eigenvalue weighted by Crippen LogP contribution is 2.23. The maximum absolute atomic E-state index is 4.82. The number of nitrogens with zero attached hydrogens (tertiary/aromatic N) is 3. The van der Waals surface area contributed by atoms with Crippen LogP contribution in [0.4, 0.5) is 0 Å². The molecule has 0 unspecified atom stereocenters. The molecule has 1 aromatic carbocycles. The van der Waals surface area contributed by atoms with Crippen molar-refractivity contribution in [1.82, 2.24) is 20.1 Å². The molecule has 3 rings (SSSR count). The number of nitrogens with one attached hydrogen (secondary N) is 1. The van der Waals surface area contributed by atoms with Gasteiger partial charge in [0.25, 0.3) is 0 Å². The second kappa shape index (κ2) is 6.18. The number of aromatic nitrogens is 3. The van der Waals surface area contributed by atoms with Gasteiger partial charge >= 0.3 is 0 Å². The van der Waals surface area contributed by atoms with Crippen LogP contribution in [0.15, 0.2) is 30.3 Å². The Labute approximate surface area is 120 Å². The van der Waals surface area contributed by atoms with Gasteiger partial charge in [0, 0.05) is 18.9 Å². The minimum Gasteiger partial charge on any atom is -0.317 e. The zero-order valence-electron chi connectivity index (χ0n) is 12.0. The Bertz CT molecular complexity index is 541. The molecular formula is C16H22N4. The summed E-state index contributed by atoms with van der Waals surface area (Å²) < 4.78 is 2.06. The van der Waals surface area contributed by atoms with E-state index in [1.165, 1.54) is 5.56 Å². The minimum atomic E-state index is 0.526. The van der Waals surface area contributed by atoms with E-state index in [0.29, 0.717) is 5.92 Å². The summed E-state index contributed by atoms with van der Waals surface area (Å²) in [5, 5.41) is 8.12. The summed E-state index contributed by atoms with van der Waals surface area (Å²) in [6.45, 7) is 5.19. The minimum absolute atomic E-state index is 0.526. The largest absolute Gasteiger partial charge is 0.317 e. The fourth-order valence-electron chi connectivity index (χ4n) is 2.81. The van der Waals surface area contributed by atoms with E-state index in [1.807, 2.05) is 0 Å². The molecule has 20 heavy (non-hydrogen) atoms. The number of benzene rings is 1. The summed E-state index contributed by atoms with van der Waals surface area (Å²) in [5.41, 5.74) is 1.30. The smallest absolute Gasteiger partial charge is 0.154 e. The zero-order valence-corrected chi connectivity index (χ0v) is 12.0. The number of hydrogen-bond donors (Lipinski definition) is 1. The Morgan fingerprint density at radius 2 is 1.95 bits per heavy atom. The summed E-state index contributed by atoms with van der Waals surface area (Å²) in [6, 6.07) is 10.5. The maximum atomic E-state index is 4.82. The highest BCUT2D eigenvalue weighted by molar-refractivity contribution is 5.19. The van der Waals surface area contributed by atoms with Crippen molar-refractivity contribution in [2.75, 3.05) is 13.1 Å². The van der Waals surface area contributed by atoms with Gasteiger partial charge in [-0.2, -0.15) is 5.10 Å². The quantitative estimate of drug-likeness (QED) is 0.927. The fraction of sp³-hybridized carbons (Fsp3) is 0.500. The molecule has 1 aliphatic rings. The van der Waals surface area contributed by atoms with Crippen LogP contribution < -0.4 is 5.32 Å². The molecule has 0 aliphatic carbocycles. The van der Waals surface area contributed by atoms with Gasteiger partial charge in [-0.1, -0.05) is 30.3 Å². The van der Waals surface area contributed by atoms with Gasteiger partial charge in [0.15, 0.2) is 5.82 Å². The van der Waals surface area contributed by atoms with E-state index < -0.39 is 0 Å². The Kier molecular flexibility index (Phi) is 4.11. The van der Waals surface area contributed by atoms with Crippen molar-refractivity contribution in [2.24, 2.45) is 0 Å². The van der Waals surface area contributed by atoms with E-state index in [2.05, 4.69) is 47.3 Å². The van der Waals surface area contributed by atoms with Crippen molar-refractivity contribution in [3.63, 3.8) is 0 Å². The lowest BCUT2D eigenvalue weighted by atomic mass is 9.98. The van der Waals surface area contributed by atoms with Gasteiger partial charge in [0.05, 0.1) is 0 Å². The first kappa shape index (κ1) is 13.3. The second-order valence-corrected chi connectivity index (χ2v) is 5.39. The van der Waals surface area contributed by atoms with Crippen LogP contribution in [0.3, 0.4) is 0 Å². The van der Waals surface area contributed by atoms with Crippen LogP contribution in [0, 0.1) is 0 Å². The Morgan fingerprint density at radius 3 is 2.65 bits per heavy atom. The number of aryl methyl sites for hydroxylation is 1. The van der Waals surface area contributed by atoms with Crippen molar-refractivity contribution in [2.45, 2.75) is 38.6 Å². The molecule has 0 bridgehead atoms. The van der Waals surface area contributed by atoms with Gasteiger partial charge in [-0.05, 0) is 38.4 Å². The standard InChI is InChI=1S/C16H22N4/c1-2-20-15(12-13-6-4-3-5-7-13)18-16(19-20)14-8-10-17-11-9-14/h3-7,14,17H,2,8-12H2,1H3. The Balaban J connectivity index is 1.81. The van der Waals surface area contributed by atoms with Crippen LogP contribution in [-0.2, 0) is 13.0 Å². The molecule has 1 fully saturated rings. The van der Waals surface area contributed by atoms with Gasteiger partial charge in [0.2, 0.25) is 0 Å². The van der Waals surface area contributed by atoms with E-state index in [-0.39, 0.29) is 0 Å². The molecule has 1 aromatic heterocycles. The predicted octanol–water partition coefficient (Wildman–Crippen LogP) is 2.36. The zero-order chi connectivity index (χ0) is 13.8. The van der Waals surface area contributed by atoms with Crippen LogP contribution in [0.1, 0.15) is 42.9 Å². The van der Waals surface area contributed by atoms with Gasteiger partial charge in [0.1, 0.15) is 5.82 Å².